The van der Waals surface area contributed by atoms with Crippen molar-refractivity contribution in [1.82, 2.24) is 0 Å². The van der Waals surface area contributed by atoms with E-state index in [0.29, 0.717) is 6.42 Å². The Morgan fingerprint density at radius 2 is 2.00 bits per heavy atom. The lowest BCUT2D eigenvalue weighted by molar-refractivity contribution is 0.259. The van der Waals surface area contributed by atoms with Crippen LogP contribution in [0.5, 0.6) is 0 Å². The first-order valence-corrected chi connectivity index (χ1v) is 8.23. The van der Waals surface area contributed by atoms with Crippen LogP contribution < -0.4 is 0 Å². The molecule has 0 fully saturated rings. The van der Waals surface area contributed by atoms with Gasteiger partial charge in [0.25, 0.3) is 0 Å². The number of hydrogen-bond acceptors (Lipinski definition) is 4. The van der Waals surface area contributed by atoms with Gasteiger partial charge in [0.2, 0.25) is 0 Å². The van der Waals surface area contributed by atoms with Gasteiger partial charge in [-0.15, -0.1) is 0 Å². The summed E-state index contributed by atoms with van der Waals surface area (Å²) < 4.78 is 15.1. The van der Waals surface area contributed by atoms with Crippen LogP contribution in [-0.4, -0.2) is 36.3 Å². The van der Waals surface area contributed by atoms with Gasteiger partial charge in [-0.1, -0.05) is 0 Å². The molecule has 7 heteroatoms. The summed E-state index contributed by atoms with van der Waals surface area (Å²) in [5.41, 5.74) is 0. The third-order valence-electron chi connectivity index (χ3n) is 1.13. The van der Waals surface area contributed by atoms with Gasteiger partial charge in [-0.3, -0.25) is 4.57 Å². The van der Waals surface area contributed by atoms with Crippen LogP contribution >= 0.6 is 7.60 Å². The highest BCUT2D eigenvalue weighted by atomic mass is 31.2. The summed E-state index contributed by atoms with van der Waals surface area (Å²) in [5.74, 6) is 0. The fourth-order valence-corrected chi connectivity index (χ4v) is 1.92. The van der Waals surface area contributed by atoms with Crippen LogP contribution in [0.1, 0.15) is 6.42 Å². The van der Waals surface area contributed by atoms with E-state index in [-0.39, 0.29) is 12.7 Å². The van der Waals surface area contributed by atoms with Crippen molar-refractivity contribution in [3.63, 3.8) is 0 Å². The van der Waals surface area contributed by atoms with Gasteiger partial charge in [0.1, 0.15) is 0 Å². The van der Waals surface area contributed by atoms with Crippen molar-refractivity contribution in [3.8, 4) is 0 Å². The maximum absolute atomic E-state index is 10.6. The van der Waals surface area contributed by atoms with Crippen molar-refractivity contribution < 1.29 is 23.6 Å². The van der Waals surface area contributed by atoms with E-state index in [9.17, 15) is 4.57 Å². The van der Waals surface area contributed by atoms with Crippen LogP contribution in [0.3, 0.4) is 0 Å². The molecule has 74 valence electrons. The summed E-state index contributed by atoms with van der Waals surface area (Å²) in [4.78, 5) is 26.6. The van der Waals surface area contributed by atoms with Crippen molar-refractivity contribution in [3.05, 3.63) is 0 Å². The highest BCUT2D eigenvalue weighted by Crippen LogP contribution is 2.36. The van der Waals surface area contributed by atoms with E-state index in [1.165, 1.54) is 6.55 Å². The SMILES string of the molecule is C[Si](O)(O)CCCOP(C)(=O)O. The Kier molecular flexibility index (Phi) is 4.61. The second kappa shape index (κ2) is 4.50. The first-order chi connectivity index (χ1) is 5.21. The molecular formula is C5H15O5PSi. The van der Waals surface area contributed by atoms with Crippen LogP contribution in [0.4, 0.5) is 0 Å². The molecular weight excluding hydrogens is 199 g/mol. The van der Waals surface area contributed by atoms with Crippen LogP contribution in [0.2, 0.25) is 12.6 Å². The maximum Gasteiger partial charge on any atom is 0.329 e. The highest BCUT2D eigenvalue weighted by Gasteiger charge is 2.20. The molecule has 0 heterocycles. The third kappa shape index (κ3) is 10.3. The zero-order valence-electron chi connectivity index (χ0n) is 7.23. The van der Waals surface area contributed by atoms with Gasteiger partial charge in [-0.2, -0.15) is 0 Å². The van der Waals surface area contributed by atoms with Crippen molar-refractivity contribution in [2.75, 3.05) is 13.3 Å². The average molecular weight is 214 g/mol. The molecule has 0 rings (SSSR count). The molecule has 0 aromatic rings. The van der Waals surface area contributed by atoms with E-state index >= 15 is 0 Å². The molecule has 0 spiro atoms. The van der Waals surface area contributed by atoms with Crippen molar-refractivity contribution in [2.24, 2.45) is 0 Å². The van der Waals surface area contributed by atoms with E-state index < -0.39 is 16.2 Å². The second-order valence-electron chi connectivity index (χ2n) is 2.96. The lowest BCUT2D eigenvalue weighted by Gasteiger charge is -2.11. The number of hydrogen-bond donors (Lipinski definition) is 3. The minimum absolute atomic E-state index is 0.0913. The molecule has 5 nitrogen and oxygen atoms in total. The van der Waals surface area contributed by atoms with Crippen LogP contribution in [-0.2, 0) is 9.09 Å². The van der Waals surface area contributed by atoms with Crippen molar-refractivity contribution >= 4 is 16.2 Å². The smallest absolute Gasteiger partial charge is 0.329 e. The Hall–Kier alpha value is 0.287. The lowest BCUT2D eigenvalue weighted by atomic mass is 10.5. The summed E-state index contributed by atoms with van der Waals surface area (Å²) >= 11 is 0. The van der Waals surface area contributed by atoms with Gasteiger partial charge < -0.3 is 19.0 Å². The van der Waals surface area contributed by atoms with E-state index in [0.717, 1.165) is 6.66 Å². The van der Waals surface area contributed by atoms with Gasteiger partial charge in [0.05, 0.1) is 6.61 Å². The molecule has 1 unspecified atom stereocenters. The van der Waals surface area contributed by atoms with E-state index in [2.05, 4.69) is 4.52 Å². The average Bonchev–Trinajstić information content (AvgIpc) is 1.76. The summed E-state index contributed by atoms with van der Waals surface area (Å²) in [6.45, 7) is 2.58. The lowest BCUT2D eigenvalue weighted by Crippen LogP contribution is -2.29. The molecule has 0 saturated carbocycles. The molecule has 3 N–H and O–H groups in total. The van der Waals surface area contributed by atoms with Crippen LogP contribution in [0.15, 0.2) is 0 Å². The molecule has 0 radical (unpaired) electrons. The van der Waals surface area contributed by atoms with Crippen LogP contribution in [0, 0.1) is 0 Å². The van der Waals surface area contributed by atoms with Crippen molar-refractivity contribution in [1.29, 1.82) is 0 Å². The van der Waals surface area contributed by atoms with Gasteiger partial charge in [0.15, 0.2) is 0 Å². The monoisotopic (exact) mass is 214 g/mol. The largest absolute Gasteiger partial charge is 0.411 e. The molecule has 0 amide bonds. The minimum atomic E-state index is -3.40. The third-order valence-corrected chi connectivity index (χ3v) is 3.09. The molecule has 0 aliphatic heterocycles. The topological polar surface area (TPSA) is 87.0 Å². The number of rotatable bonds is 5. The molecule has 0 aromatic carbocycles. The van der Waals surface area contributed by atoms with Crippen LogP contribution in [0.25, 0.3) is 0 Å². The quantitative estimate of drug-likeness (QED) is 0.347. The minimum Gasteiger partial charge on any atom is -0.411 e. The van der Waals surface area contributed by atoms with Gasteiger partial charge >= 0.3 is 16.2 Å². The Morgan fingerprint density at radius 3 is 2.33 bits per heavy atom. The molecule has 0 saturated heterocycles. The van der Waals surface area contributed by atoms with Gasteiger partial charge in [0, 0.05) is 6.66 Å². The van der Waals surface area contributed by atoms with E-state index in [1.54, 1.807) is 0 Å². The standard InChI is InChI=1S/C5H15O5PSi/c1-11(6,7)10-4-3-5-12(2,8)9/h8-9H,3-5H2,1-2H3,(H,6,7). The Balaban J connectivity index is 3.41. The first kappa shape index (κ1) is 12.3. The second-order valence-corrected chi connectivity index (χ2v) is 7.75. The fraction of sp³-hybridized carbons (Fsp3) is 1.00. The molecule has 1 atom stereocenters. The molecule has 0 aromatic heterocycles. The van der Waals surface area contributed by atoms with Crippen molar-refractivity contribution in [2.45, 2.75) is 19.0 Å². The van der Waals surface area contributed by atoms with E-state index in [4.69, 9.17) is 14.5 Å². The van der Waals surface area contributed by atoms with E-state index in [1.807, 2.05) is 0 Å². The van der Waals surface area contributed by atoms with Gasteiger partial charge in [-0.25, -0.2) is 0 Å². The predicted molar refractivity (Wildman–Crippen MR) is 47.2 cm³/mol. The molecule has 0 aliphatic rings. The Labute approximate surface area is 72.8 Å². The molecule has 0 bridgehead atoms. The Bertz CT molecular complexity index is 171. The molecule has 12 heavy (non-hydrogen) atoms. The zero-order chi connectivity index (χ0) is 9.83. The maximum atomic E-state index is 10.6. The normalized spacial score (nSPS) is 17.4. The van der Waals surface area contributed by atoms with Gasteiger partial charge in [-0.05, 0) is 19.0 Å². The predicted octanol–water partition coefficient (Wildman–Crippen LogP) is 0.265. The fourth-order valence-electron chi connectivity index (χ4n) is 0.641. The first-order valence-electron chi connectivity index (χ1n) is 3.60. The highest BCUT2D eigenvalue weighted by molar-refractivity contribution is 7.51. The summed E-state index contributed by atoms with van der Waals surface area (Å²) in [7, 11) is -6.40. The summed E-state index contributed by atoms with van der Waals surface area (Å²) in [6.07, 6.45) is 0.397. The summed E-state index contributed by atoms with van der Waals surface area (Å²) in [5, 5.41) is 0. The zero-order valence-corrected chi connectivity index (χ0v) is 9.12. The molecule has 0 aliphatic carbocycles. The Morgan fingerprint density at radius 1 is 1.50 bits per heavy atom. The summed E-state index contributed by atoms with van der Waals surface area (Å²) in [6, 6.07) is 0.257.